The smallest absolute Gasteiger partial charge is 0.305 e. The van der Waals surface area contributed by atoms with Crippen molar-refractivity contribution in [2.45, 2.75) is 56.8 Å². The van der Waals surface area contributed by atoms with Crippen LogP contribution in [-0.2, 0) is 33.6 Å². The highest BCUT2D eigenvalue weighted by Crippen LogP contribution is 2.01. The summed E-state index contributed by atoms with van der Waals surface area (Å²) in [6.45, 7) is -0.311. The van der Waals surface area contributed by atoms with Crippen molar-refractivity contribution in [3.63, 3.8) is 0 Å². The van der Waals surface area contributed by atoms with E-state index in [1.165, 1.54) is 14.0 Å². The topological polar surface area (TPSA) is 284 Å². The van der Waals surface area contributed by atoms with Crippen LogP contribution < -0.4 is 43.4 Å². The monoisotopic (exact) mass is 546 g/mol. The Bertz CT molecular complexity index is 853. The number of amides is 6. The zero-order chi connectivity index (χ0) is 29.3. The van der Waals surface area contributed by atoms with Gasteiger partial charge in [-0.15, -0.1) is 0 Å². The number of unbranched alkanes of at least 4 members (excludes halogenated alkanes) is 1. The number of hydrogen-bond acceptors (Lipinski definition) is 10. The van der Waals surface area contributed by atoms with Crippen LogP contribution in [0.4, 0.5) is 0 Å². The van der Waals surface area contributed by atoms with Gasteiger partial charge < -0.3 is 53.6 Å². The van der Waals surface area contributed by atoms with E-state index in [1.807, 2.05) is 0 Å². The summed E-state index contributed by atoms with van der Waals surface area (Å²) in [5.74, 6) is -6.27. The molecule has 0 heterocycles. The normalized spacial score (nSPS) is 13.6. The van der Waals surface area contributed by atoms with Gasteiger partial charge in [-0.2, -0.15) is 0 Å². The number of nitrogens with two attached hydrogens (primary N) is 2. The van der Waals surface area contributed by atoms with Crippen LogP contribution in [-0.4, -0.2) is 109 Å². The molecule has 0 aromatic carbocycles. The maximum Gasteiger partial charge on any atom is 0.305 e. The first-order valence-electron chi connectivity index (χ1n) is 11.8. The molecule has 0 aromatic heterocycles. The van der Waals surface area contributed by atoms with Crippen LogP contribution >= 0.6 is 0 Å². The van der Waals surface area contributed by atoms with Gasteiger partial charge in [0.1, 0.15) is 18.1 Å². The molecular formula is C21H38N8O9. The number of nitrogens with one attached hydrogen (secondary N) is 6. The largest absolute Gasteiger partial charge is 0.481 e. The second-order valence-corrected chi connectivity index (χ2v) is 8.20. The SMILES string of the molecule is CNC(=O)[C@H](CCCCN)NC(=O)CNC(=O)[C@H](CO)NC(=O)[C@H](CC(=O)O)NC(=O)CNC(=O)[C@H](C)N. The van der Waals surface area contributed by atoms with Crippen molar-refractivity contribution in [1.29, 1.82) is 0 Å². The summed E-state index contributed by atoms with van der Waals surface area (Å²) < 4.78 is 0. The van der Waals surface area contributed by atoms with Crippen molar-refractivity contribution in [3.05, 3.63) is 0 Å². The Hall–Kier alpha value is -3.83. The molecule has 0 bridgehead atoms. The average molecular weight is 547 g/mol. The summed E-state index contributed by atoms with van der Waals surface area (Å²) in [4.78, 5) is 83.7. The molecule has 0 aliphatic carbocycles. The minimum atomic E-state index is -1.65. The summed E-state index contributed by atoms with van der Waals surface area (Å²) in [6.07, 6.45) is 0.665. The average Bonchev–Trinajstić information content (AvgIpc) is 2.86. The third-order valence-corrected chi connectivity index (χ3v) is 4.95. The number of aliphatic hydroxyl groups is 1. The zero-order valence-electron chi connectivity index (χ0n) is 21.4. The van der Waals surface area contributed by atoms with Crippen LogP contribution in [0.3, 0.4) is 0 Å². The molecule has 0 spiro atoms. The molecule has 216 valence electrons. The van der Waals surface area contributed by atoms with Crippen molar-refractivity contribution in [1.82, 2.24) is 31.9 Å². The van der Waals surface area contributed by atoms with Gasteiger partial charge in [-0.25, -0.2) is 0 Å². The van der Waals surface area contributed by atoms with Gasteiger partial charge in [-0.05, 0) is 32.7 Å². The molecule has 0 fully saturated rings. The number of aliphatic carboxylic acids is 1. The highest BCUT2D eigenvalue weighted by molar-refractivity contribution is 5.96. The molecule has 17 heteroatoms. The van der Waals surface area contributed by atoms with Crippen molar-refractivity contribution in [2.24, 2.45) is 11.5 Å². The number of rotatable bonds is 18. The highest BCUT2D eigenvalue weighted by Gasteiger charge is 2.29. The van der Waals surface area contributed by atoms with Gasteiger partial charge in [0, 0.05) is 7.05 Å². The first kappa shape index (κ1) is 34.2. The fraction of sp³-hybridized carbons (Fsp3) is 0.667. The number of carboxylic acids is 1. The molecular weight excluding hydrogens is 508 g/mol. The number of hydrogen-bond donors (Lipinski definition) is 10. The van der Waals surface area contributed by atoms with Crippen molar-refractivity contribution < 1.29 is 43.8 Å². The summed E-state index contributed by atoms with van der Waals surface area (Å²) in [5.41, 5.74) is 10.8. The lowest BCUT2D eigenvalue weighted by molar-refractivity contribution is -0.141. The third kappa shape index (κ3) is 14.0. The summed E-state index contributed by atoms with van der Waals surface area (Å²) in [6, 6.07) is -5.01. The van der Waals surface area contributed by atoms with E-state index in [0.717, 1.165) is 0 Å². The zero-order valence-corrected chi connectivity index (χ0v) is 21.4. The predicted molar refractivity (Wildman–Crippen MR) is 132 cm³/mol. The molecule has 38 heavy (non-hydrogen) atoms. The predicted octanol–water partition coefficient (Wildman–Crippen LogP) is -5.64. The van der Waals surface area contributed by atoms with Crippen LogP contribution in [0.2, 0.25) is 0 Å². The van der Waals surface area contributed by atoms with Gasteiger partial charge in [-0.3, -0.25) is 33.6 Å². The van der Waals surface area contributed by atoms with Crippen molar-refractivity contribution >= 4 is 41.4 Å². The molecule has 0 radical (unpaired) electrons. The van der Waals surface area contributed by atoms with E-state index < -0.39 is 91.7 Å². The summed E-state index contributed by atoms with van der Waals surface area (Å²) >= 11 is 0. The van der Waals surface area contributed by atoms with Gasteiger partial charge in [0.05, 0.1) is 32.2 Å². The number of aliphatic hydroxyl groups excluding tert-OH is 1. The minimum Gasteiger partial charge on any atom is -0.481 e. The quantitative estimate of drug-likeness (QED) is 0.0723. The van der Waals surface area contributed by atoms with Crippen LogP contribution in [0.5, 0.6) is 0 Å². The number of carboxylic acid groups (broad SMARTS) is 1. The van der Waals surface area contributed by atoms with Crippen LogP contribution in [0.25, 0.3) is 0 Å². The minimum absolute atomic E-state index is 0.317. The van der Waals surface area contributed by atoms with Gasteiger partial charge in [0.25, 0.3) is 0 Å². The molecule has 0 aliphatic rings. The van der Waals surface area contributed by atoms with Gasteiger partial charge in [0.15, 0.2) is 0 Å². The Morgan fingerprint density at radius 1 is 0.763 bits per heavy atom. The van der Waals surface area contributed by atoms with Crippen LogP contribution in [0.1, 0.15) is 32.6 Å². The number of carbonyl (C=O) groups excluding carboxylic acids is 6. The Balaban J connectivity index is 5.02. The first-order chi connectivity index (χ1) is 17.9. The number of carbonyl (C=O) groups is 7. The van der Waals surface area contributed by atoms with Gasteiger partial charge in [-0.1, -0.05) is 0 Å². The molecule has 4 atom stereocenters. The fourth-order valence-corrected chi connectivity index (χ4v) is 2.90. The van der Waals surface area contributed by atoms with E-state index in [4.69, 9.17) is 16.6 Å². The van der Waals surface area contributed by atoms with E-state index in [-0.39, 0.29) is 0 Å². The molecule has 0 saturated carbocycles. The molecule has 0 saturated heterocycles. The number of likely N-dealkylation sites (N-methyl/N-ethyl adjacent to an activating group) is 1. The van der Waals surface area contributed by atoms with E-state index >= 15 is 0 Å². The van der Waals surface area contributed by atoms with Gasteiger partial charge >= 0.3 is 5.97 Å². The Labute approximate surface area is 219 Å². The van der Waals surface area contributed by atoms with E-state index in [1.54, 1.807) is 0 Å². The highest BCUT2D eigenvalue weighted by atomic mass is 16.4. The Morgan fingerprint density at radius 2 is 1.32 bits per heavy atom. The molecule has 0 rings (SSSR count). The van der Waals surface area contributed by atoms with Crippen LogP contribution in [0, 0.1) is 0 Å². The Kier molecular flexibility index (Phi) is 16.6. The van der Waals surface area contributed by atoms with Crippen LogP contribution in [0.15, 0.2) is 0 Å². The fourth-order valence-electron chi connectivity index (χ4n) is 2.90. The first-order valence-corrected chi connectivity index (χ1v) is 11.8. The molecule has 6 amide bonds. The molecule has 0 aromatic rings. The van der Waals surface area contributed by atoms with Crippen molar-refractivity contribution in [3.8, 4) is 0 Å². The maximum absolute atomic E-state index is 12.5. The third-order valence-electron chi connectivity index (χ3n) is 4.95. The molecule has 17 nitrogen and oxygen atoms in total. The van der Waals surface area contributed by atoms with E-state index in [0.29, 0.717) is 25.8 Å². The summed E-state index contributed by atoms with van der Waals surface area (Å²) in [5, 5.41) is 32.0. The standard InChI is InChI=1S/C21H38N8O9/c1-11(23)18(35)25-8-16(32)28-13(7-17(33)34)21(38)29-14(10-30)20(37)26-9-15(31)27-12(19(36)24-2)5-3-4-6-22/h11-14,30H,3-10,22-23H2,1-2H3,(H,24,36)(H,25,35)(H,26,37)(H,27,31)(H,28,32)(H,29,38)(H,33,34)/t11-,12-,13-,14-/m0/s1. The summed E-state index contributed by atoms with van der Waals surface area (Å²) in [7, 11) is 1.40. The lowest BCUT2D eigenvalue weighted by Crippen LogP contribution is -2.57. The Morgan fingerprint density at radius 3 is 1.79 bits per heavy atom. The molecule has 0 unspecified atom stereocenters. The maximum atomic E-state index is 12.5. The lowest BCUT2D eigenvalue weighted by Gasteiger charge is -2.22. The molecule has 12 N–H and O–H groups in total. The van der Waals surface area contributed by atoms with E-state index in [2.05, 4.69) is 31.9 Å². The lowest BCUT2D eigenvalue weighted by atomic mass is 10.1. The molecule has 0 aliphatic heterocycles. The van der Waals surface area contributed by atoms with Crippen molar-refractivity contribution in [2.75, 3.05) is 33.3 Å². The van der Waals surface area contributed by atoms with E-state index in [9.17, 15) is 38.7 Å². The second kappa shape index (κ2) is 18.4. The second-order valence-electron chi connectivity index (χ2n) is 8.20. The van der Waals surface area contributed by atoms with Gasteiger partial charge in [0.2, 0.25) is 35.4 Å².